The molecule has 6 heteroatoms. The van der Waals surface area contributed by atoms with Crippen LogP contribution in [0.15, 0.2) is 17.5 Å². The van der Waals surface area contributed by atoms with E-state index in [0.29, 0.717) is 25.0 Å². The summed E-state index contributed by atoms with van der Waals surface area (Å²) >= 11 is 1.44. The van der Waals surface area contributed by atoms with Crippen molar-refractivity contribution < 1.29 is 9.59 Å². The van der Waals surface area contributed by atoms with Gasteiger partial charge in [-0.05, 0) is 43.0 Å². The first kappa shape index (κ1) is 16.5. The predicted molar refractivity (Wildman–Crippen MR) is 91.6 cm³/mol. The van der Waals surface area contributed by atoms with E-state index in [-0.39, 0.29) is 17.9 Å². The summed E-state index contributed by atoms with van der Waals surface area (Å²) in [5.41, 5.74) is 0. The molecule has 1 aliphatic heterocycles. The molecular weight excluding hydrogens is 310 g/mol. The lowest BCUT2D eigenvalue weighted by atomic mass is 9.85. The first-order chi connectivity index (χ1) is 11.2. The van der Waals surface area contributed by atoms with Crippen LogP contribution in [-0.2, 0) is 4.79 Å². The third kappa shape index (κ3) is 4.32. The van der Waals surface area contributed by atoms with E-state index < -0.39 is 0 Å². The summed E-state index contributed by atoms with van der Waals surface area (Å²) in [6.45, 7) is 1.19. The number of fused-ring (bicyclic) bond motifs is 1. The summed E-state index contributed by atoms with van der Waals surface area (Å²) in [5, 5.41) is 11.2. The maximum atomic E-state index is 12.2. The molecule has 0 radical (unpaired) electrons. The Morgan fingerprint density at radius 1 is 1.22 bits per heavy atom. The maximum Gasteiger partial charge on any atom is 0.261 e. The normalized spacial score (nSPS) is 26.5. The standard InChI is InChI=1S/C17H25N3O2S/c21-16(14-11-12-5-1-2-6-13(12)20-14)18-8-4-9-19-17(22)15-7-3-10-23-15/h3,7,10,12-14,20H,1-2,4-6,8-9,11H2,(H,18,21)(H,19,22). The molecule has 0 bridgehead atoms. The van der Waals surface area contributed by atoms with Crippen LogP contribution in [0.1, 0.15) is 48.2 Å². The minimum absolute atomic E-state index is 0.0243. The average molecular weight is 335 g/mol. The minimum Gasteiger partial charge on any atom is -0.355 e. The molecule has 2 amide bonds. The fraction of sp³-hybridized carbons (Fsp3) is 0.647. The van der Waals surface area contributed by atoms with E-state index in [1.165, 1.54) is 37.0 Å². The summed E-state index contributed by atoms with van der Waals surface area (Å²) < 4.78 is 0. The second-order valence-electron chi connectivity index (χ2n) is 6.48. The van der Waals surface area contributed by atoms with Crippen molar-refractivity contribution in [1.82, 2.24) is 16.0 Å². The fourth-order valence-corrected chi connectivity index (χ4v) is 4.28. The van der Waals surface area contributed by atoms with Gasteiger partial charge in [0, 0.05) is 19.1 Å². The lowest BCUT2D eigenvalue weighted by Gasteiger charge is -2.24. The molecule has 2 aliphatic rings. The molecule has 1 saturated carbocycles. The molecule has 23 heavy (non-hydrogen) atoms. The van der Waals surface area contributed by atoms with Gasteiger partial charge in [0.2, 0.25) is 5.91 Å². The zero-order valence-electron chi connectivity index (χ0n) is 13.3. The Labute approximate surface area is 141 Å². The molecule has 3 unspecified atom stereocenters. The van der Waals surface area contributed by atoms with Gasteiger partial charge >= 0.3 is 0 Å². The van der Waals surface area contributed by atoms with Crippen molar-refractivity contribution >= 4 is 23.2 Å². The SMILES string of the molecule is O=C(NCCCNC(=O)C1CC2CCCCC2N1)c1cccs1. The summed E-state index contributed by atoms with van der Waals surface area (Å²) in [4.78, 5) is 24.7. The Kier molecular flexibility index (Phi) is 5.67. The number of nitrogens with one attached hydrogen (secondary N) is 3. The van der Waals surface area contributed by atoms with E-state index in [0.717, 1.165) is 17.7 Å². The molecule has 1 aliphatic carbocycles. The second kappa shape index (κ2) is 7.93. The molecule has 1 saturated heterocycles. The Morgan fingerprint density at radius 3 is 2.83 bits per heavy atom. The van der Waals surface area contributed by atoms with Gasteiger partial charge in [0.05, 0.1) is 10.9 Å². The van der Waals surface area contributed by atoms with E-state index >= 15 is 0 Å². The lowest BCUT2D eigenvalue weighted by Crippen LogP contribution is -2.43. The van der Waals surface area contributed by atoms with Gasteiger partial charge in [0.25, 0.3) is 5.91 Å². The molecule has 1 aromatic rings. The van der Waals surface area contributed by atoms with Crippen molar-refractivity contribution in [2.45, 2.75) is 50.6 Å². The Balaban J connectivity index is 1.30. The molecule has 0 aromatic carbocycles. The van der Waals surface area contributed by atoms with Crippen molar-refractivity contribution in [2.75, 3.05) is 13.1 Å². The molecule has 3 N–H and O–H groups in total. The van der Waals surface area contributed by atoms with E-state index in [2.05, 4.69) is 16.0 Å². The van der Waals surface area contributed by atoms with Gasteiger partial charge in [0.15, 0.2) is 0 Å². The first-order valence-corrected chi connectivity index (χ1v) is 9.47. The molecule has 2 fully saturated rings. The number of thiophene rings is 1. The molecule has 126 valence electrons. The maximum absolute atomic E-state index is 12.2. The summed E-state index contributed by atoms with van der Waals surface area (Å²) in [5.74, 6) is 0.765. The molecular formula is C17H25N3O2S. The van der Waals surface area contributed by atoms with Gasteiger partial charge < -0.3 is 16.0 Å². The monoisotopic (exact) mass is 335 g/mol. The zero-order valence-corrected chi connectivity index (χ0v) is 14.2. The highest BCUT2D eigenvalue weighted by Gasteiger charge is 2.37. The van der Waals surface area contributed by atoms with Crippen molar-refractivity contribution in [1.29, 1.82) is 0 Å². The van der Waals surface area contributed by atoms with Gasteiger partial charge in [-0.25, -0.2) is 0 Å². The predicted octanol–water partition coefficient (Wildman–Crippen LogP) is 1.90. The van der Waals surface area contributed by atoms with E-state index in [4.69, 9.17) is 0 Å². The Bertz CT molecular complexity index is 518. The van der Waals surface area contributed by atoms with Gasteiger partial charge in [-0.2, -0.15) is 0 Å². The lowest BCUT2D eigenvalue weighted by molar-refractivity contribution is -0.122. The van der Waals surface area contributed by atoms with Crippen LogP contribution in [0.2, 0.25) is 0 Å². The number of rotatable bonds is 6. The van der Waals surface area contributed by atoms with Crippen LogP contribution in [-0.4, -0.2) is 37.0 Å². The van der Waals surface area contributed by atoms with Crippen LogP contribution in [0.3, 0.4) is 0 Å². The second-order valence-corrected chi connectivity index (χ2v) is 7.43. The quantitative estimate of drug-likeness (QED) is 0.696. The molecule has 3 rings (SSSR count). The van der Waals surface area contributed by atoms with E-state index in [1.807, 2.05) is 17.5 Å². The van der Waals surface area contributed by atoms with Gasteiger partial charge in [-0.15, -0.1) is 11.3 Å². The van der Waals surface area contributed by atoms with Gasteiger partial charge in [0.1, 0.15) is 0 Å². The largest absolute Gasteiger partial charge is 0.355 e. The third-order valence-electron chi connectivity index (χ3n) is 4.86. The van der Waals surface area contributed by atoms with Crippen LogP contribution >= 0.6 is 11.3 Å². The van der Waals surface area contributed by atoms with Crippen LogP contribution in [0.5, 0.6) is 0 Å². The van der Waals surface area contributed by atoms with Crippen molar-refractivity contribution in [3.05, 3.63) is 22.4 Å². The highest BCUT2D eigenvalue weighted by molar-refractivity contribution is 7.12. The average Bonchev–Trinajstić information content (AvgIpc) is 3.23. The van der Waals surface area contributed by atoms with E-state index in [1.54, 1.807) is 0 Å². The van der Waals surface area contributed by atoms with Gasteiger partial charge in [-0.3, -0.25) is 9.59 Å². The van der Waals surface area contributed by atoms with Crippen molar-refractivity contribution in [3.8, 4) is 0 Å². The minimum atomic E-state index is -0.0344. The van der Waals surface area contributed by atoms with Crippen LogP contribution in [0, 0.1) is 5.92 Å². The Morgan fingerprint density at radius 2 is 2.04 bits per heavy atom. The molecule has 1 aromatic heterocycles. The van der Waals surface area contributed by atoms with Crippen LogP contribution in [0.25, 0.3) is 0 Å². The van der Waals surface area contributed by atoms with Crippen molar-refractivity contribution in [2.24, 2.45) is 5.92 Å². The molecule has 0 spiro atoms. The molecule has 5 nitrogen and oxygen atoms in total. The summed E-state index contributed by atoms with van der Waals surface area (Å²) in [6, 6.07) is 4.20. The van der Waals surface area contributed by atoms with Crippen molar-refractivity contribution in [3.63, 3.8) is 0 Å². The third-order valence-corrected chi connectivity index (χ3v) is 5.73. The topological polar surface area (TPSA) is 70.2 Å². The molecule has 3 atom stereocenters. The van der Waals surface area contributed by atoms with Gasteiger partial charge in [-0.1, -0.05) is 18.9 Å². The first-order valence-electron chi connectivity index (χ1n) is 8.59. The smallest absolute Gasteiger partial charge is 0.261 e. The number of hydrogen-bond donors (Lipinski definition) is 3. The molecule has 2 heterocycles. The number of carbonyl (C=O) groups is 2. The number of carbonyl (C=O) groups excluding carboxylic acids is 2. The van der Waals surface area contributed by atoms with E-state index in [9.17, 15) is 9.59 Å². The van der Waals surface area contributed by atoms with Crippen LogP contribution in [0.4, 0.5) is 0 Å². The fourth-order valence-electron chi connectivity index (χ4n) is 3.64. The van der Waals surface area contributed by atoms with Crippen LogP contribution < -0.4 is 16.0 Å². The highest BCUT2D eigenvalue weighted by atomic mass is 32.1. The Hall–Kier alpha value is -1.40. The number of hydrogen-bond acceptors (Lipinski definition) is 4. The summed E-state index contributed by atoms with van der Waals surface area (Å²) in [6.07, 6.45) is 6.79. The summed E-state index contributed by atoms with van der Waals surface area (Å²) in [7, 11) is 0. The highest BCUT2D eigenvalue weighted by Crippen LogP contribution is 2.33. The zero-order chi connectivity index (χ0) is 16.1. The number of amides is 2.